The van der Waals surface area contributed by atoms with Gasteiger partial charge >= 0.3 is 0 Å². The Morgan fingerprint density at radius 1 is 1.32 bits per heavy atom. The Bertz CT molecular complexity index is 661. The van der Waals surface area contributed by atoms with Crippen molar-refractivity contribution in [3.63, 3.8) is 0 Å². The van der Waals surface area contributed by atoms with Crippen molar-refractivity contribution in [1.29, 1.82) is 0 Å². The molecule has 1 aromatic carbocycles. The molecule has 1 aromatic heterocycles. The number of rotatable bonds is 5. The van der Waals surface area contributed by atoms with Crippen LogP contribution in [-0.2, 0) is 17.8 Å². The third-order valence-corrected chi connectivity index (χ3v) is 4.96. The zero-order valence-corrected chi connectivity index (χ0v) is 15.1. The van der Waals surface area contributed by atoms with Crippen LogP contribution < -0.4 is 5.32 Å². The predicted octanol–water partition coefficient (Wildman–Crippen LogP) is 4.10. The summed E-state index contributed by atoms with van der Waals surface area (Å²) in [7, 11) is 0. The number of hydrogen-bond acceptors (Lipinski definition) is 2. The fourth-order valence-electron chi connectivity index (χ4n) is 2.28. The van der Waals surface area contributed by atoms with Gasteiger partial charge in [-0.3, -0.25) is 9.48 Å². The maximum Gasteiger partial charge on any atom is 0.229 e. The molecule has 1 unspecified atom stereocenters. The molecule has 1 amide bonds. The second-order valence-electron chi connectivity index (χ2n) is 5.61. The van der Waals surface area contributed by atoms with Gasteiger partial charge < -0.3 is 5.32 Å². The standard InChI is InChI=1S/C17H22BrN3O/c1-5-14-6-8-15(9-7-14)19-17(22)11(2)10-21-13(4)16(18)12(3)20-21/h6-9,11H,5,10H2,1-4H3,(H,19,22). The van der Waals surface area contributed by atoms with Crippen LogP contribution in [0.15, 0.2) is 28.7 Å². The number of nitrogens with one attached hydrogen (secondary N) is 1. The molecular weight excluding hydrogens is 342 g/mol. The van der Waals surface area contributed by atoms with Gasteiger partial charge in [-0.2, -0.15) is 5.10 Å². The summed E-state index contributed by atoms with van der Waals surface area (Å²) in [6, 6.07) is 7.98. The molecule has 0 saturated carbocycles. The summed E-state index contributed by atoms with van der Waals surface area (Å²) < 4.78 is 2.89. The van der Waals surface area contributed by atoms with E-state index in [1.54, 1.807) is 0 Å². The number of aryl methyl sites for hydroxylation is 2. The molecule has 1 heterocycles. The monoisotopic (exact) mass is 363 g/mol. The summed E-state index contributed by atoms with van der Waals surface area (Å²) in [5.74, 6) is -0.149. The van der Waals surface area contributed by atoms with E-state index in [9.17, 15) is 4.79 Å². The minimum atomic E-state index is -0.157. The van der Waals surface area contributed by atoms with E-state index in [-0.39, 0.29) is 11.8 Å². The average molecular weight is 364 g/mol. The van der Waals surface area contributed by atoms with Crippen molar-refractivity contribution in [2.75, 3.05) is 5.32 Å². The maximum absolute atomic E-state index is 12.3. The second-order valence-corrected chi connectivity index (χ2v) is 6.40. The van der Waals surface area contributed by atoms with Crippen LogP contribution in [0.2, 0.25) is 0 Å². The highest BCUT2D eigenvalue weighted by molar-refractivity contribution is 9.10. The first kappa shape index (κ1) is 16.7. The summed E-state index contributed by atoms with van der Waals surface area (Å²) >= 11 is 3.51. The van der Waals surface area contributed by atoms with Crippen LogP contribution in [0, 0.1) is 19.8 Å². The van der Waals surface area contributed by atoms with E-state index in [0.29, 0.717) is 6.54 Å². The molecule has 2 aromatic rings. The Morgan fingerprint density at radius 3 is 2.45 bits per heavy atom. The van der Waals surface area contributed by atoms with E-state index in [4.69, 9.17) is 0 Å². The fourth-order valence-corrected chi connectivity index (χ4v) is 2.57. The lowest BCUT2D eigenvalue weighted by atomic mass is 10.1. The van der Waals surface area contributed by atoms with Crippen molar-refractivity contribution >= 4 is 27.5 Å². The van der Waals surface area contributed by atoms with Crippen LogP contribution in [0.5, 0.6) is 0 Å². The van der Waals surface area contributed by atoms with Crippen LogP contribution in [0.25, 0.3) is 0 Å². The van der Waals surface area contributed by atoms with Crippen LogP contribution in [0.3, 0.4) is 0 Å². The summed E-state index contributed by atoms with van der Waals surface area (Å²) in [5.41, 5.74) is 4.09. The summed E-state index contributed by atoms with van der Waals surface area (Å²) in [5, 5.41) is 7.41. The van der Waals surface area contributed by atoms with Crippen LogP contribution in [0.1, 0.15) is 30.8 Å². The normalized spacial score (nSPS) is 12.2. The average Bonchev–Trinajstić information content (AvgIpc) is 2.75. The maximum atomic E-state index is 12.3. The molecule has 0 radical (unpaired) electrons. The molecule has 0 saturated heterocycles. The van der Waals surface area contributed by atoms with Gasteiger partial charge in [0.05, 0.1) is 22.6 Å². The molecule has 118 valence electrons. The Morgan fingerprint density at radius 2 is 1.95 bits per heavy atom. The zero-order chi connectivity index (χ0) is 16.3. The minimum Gasteiger partial charge on any atom is -0.326 e. The number of hydrogen-bond donors (Lipinski definition) is 1. The van der Waals surface area contributed by atoms with Crippen molar-refractivity contribution < 1.29 is 4.79 Å². The zero-order valence-electron chi connectivity index (χ0n) is 13.5. The Kier molecular flexibility index (Phi) is 5.40. The molecule has 1 atom stereocenters. The minimum absolute atomic E-state index is 0.00734. The topological polar surface area (TPSA) is 46.9 Å². The molecule has 5 heteroatoms. The van der Waals surface area contributed by atoms with Crippen LogP contribution in [0.4, 0.5) is 5.69 Å². The molecule has 2 rings (SSSR count). The molecule has 0 bridgehead atoms. The van der Waals surface area contributed by atoms with Gasteiger partial charge in [0.1, 0.15) is 0 Å². The number of benzene rings is 1. The van der Waals surface area contributed by atoms with E-state index >= 15 is 0 Å². The highest BCUT2D eigenvalue weighted by atomic mass is 79.9. The summed E-state index contributed by atoms with van der Waals surface area (Å²) in [6.45, 7) is 8.55. The van der Waals surface area contributed by atoms with E-state index < -0.39 is 0 Å². The molecular formula is C17H22BrN3O. The largest absolute Gasteiger partial charge is 0.326 e. The lowest BCUT2D eigenvalue weighted by Crippen LogP contribution is -2.25. The third-order valence-electron chi connectivity index (χ3n) is 3.82. The highest BCUT2D eigenvalue weighted by Crippen LogP contribution is 2.21. The van der Waals surface area contributed by atoms with Crippen LogP contribution >= 0.6 is 15.9 Å². The first-order valence-electron chi connectivity index (χ1n) is 7.51. The van der Waals surface area contributed by atoms with Crippen molar-refractivity contribution in [3.8, 4) is 0 Å². The number of carbonyl (C=O) groups is 1. The van der Waals surface area contributed by atoms with Gasteiger partial charge in [0.15, 0.2) is 0 Å². The van der Waals surface area contributed by atoms with Crippen molar-refractivity contribution in [3.05, 3.63) is 45.7 Å². The SMILES string of the molecule is CCc1ccc(NC(=O)C(C)Cn2nc(C)c(Br)c2C)cc1. The van der Waals surface area contributed by atoms with Gasteiger partial charge in [0, 0.05) is 11.4 Å². The molecule has 0 aliphatic heterocycles. The molecule has 1 N–H and O–H groups in total. The Balaban J connectivity index is 2.00. The highest BCUT2D eigenvalue weighted by Gasteiger charge is 2.17. The second kappa shape index (κ2) is 7.09. The van der Waals surface area contributed by atoms with E-state index in [1.165, 1.54) is 5.56 Å². The van der Waals surface area contributed by atoms with Gasteiger partial charge in [-0.15, -0.1) is 0 Å². The first-order valence-corrected chi connectivity index (χ1v) is 8.31. The van der Waals surface area contributed by atoms with E-state index in [1.807, 2.05) is 49.7 Å². The number of amides is 1. The molecule has 0 spiro atoms. The molecule has 0 aliphatic carbocycles. The molecule has 0 aliphatic rings. The summed E-state index contributed by atoms with van der Waals surface area (Å²) in [6.07, 6.45) is 0.997. The molecule has 4 nitrogen and oxygen atoms in total. The Labute approximate surface area is 140 Å². The lowest BCUT2D eigenvalue weighted by molar-refractivity contribution is -0.119. The van der Waals surface area contributed by atoms with Gasteiger partial charge in [-0.25, -0.2) is 0 Å². The smallest absolute Gasteiger partial charge is 0.229 e. The number of halogens is 1. The summed E-state index contributed by atoms with van der Waals surface area (Å²) in [4.78, 5) is 12.3. The molecule has 22 heavy (non-hydrogen) atoms. The lowest BCUT2D eigenvalue weighted by Gasteiger charge is -2.13. The van der Waals surface area contributed by atoms with E-state index in [2.05, 4.69) is 33.3 Å². The quantitative estimate of drug-likeness (QED) is 0.868. The van der Waals surface area contributed by atoms with E-state index in [0.717, 1.165) is 28.0 Å². The number of carbonyl (C=O) groups excluding carboxylic acids is 1. The number of nitrogens with zero attached hydrogens (tertiary/aromatic N) is 2. The van der Waals surface area contributed by atoms with Gasteiger partial charge in [0.2, 0.25) is 5.91 Å². The van der Waals surface area contributed by atoms with Crippen molar-refractivity contribution in [2.24, 2.45) is 5.92 Å². The van der Waals surface area contributed by atoms with Gasteiger partial charge in [0.25, 0.3) is 0 Å². The van der Waals surface area contributed by atoms with Gasteiger partial charge in [-0.1, -0.05) is 26.0 Å². The predicted molar refractivity (Wildman–Crippen MR) is 93.0 cm³/mol. The first-order chi connectivity index (χ1) is 10.4. The van der Waals surface area contributed by atoms with Crippen LogP contribution in [-0.4, -0.2) is 15.7 Å². The third kappa shape index (κ3) is 3.77. The number of aromatic nitrogens is 2. The Hall–Kier alpha value is -1.62. The van der Waals surface area contributed by atoms with Crippen molar-refractivity contribution in [2.45, 2.75) is 40.7 Å². The van der Waals surface area contributed by atoms with Gasteiger partial charge in [-0.05, 0) is 53.9 Å². The number of anilines is 1. The molecule has 0 fully saturated rings. The fraction of sp³-hybridized carbons (Fsp3) is 0.412. The van der Waals surface area contributed by atoms with Crippen molar-refractivity contribution in [1.82, 2.24) is 9.78 Å².